The van der Waals surface area contributed by atoms with Gasteiger partial charge in [-0.3, -0.25) is 4.68 Å². The molecule has 2 N–H and O–H groups in total. The van der Waals surface area contributed by atoms with Gasteiger partial charge in [0.15, 0.2) is 0 Å². The molecule has 0 aliphatic carbocycles. The van der Waals surface area contributed by atoms with E-state index in [1.807, 2.05) is 12.4 Å². The van der Waals surface area contributed by atoms with Crippen molar-refractivity contribution < 1.29 is 4.74 Å². The van der Waals surface area contributed by atoms with Gasteiger partial charge in [0, 0.05) is 35.9 Å². The predicted molar refractivity (Wildman–Crippen MR) is 121 cm³/mol. The maximum atomic E-state index is 5.63. The number of hydrogen-bond acceptors (Lipinski definition) is 6. The van der Waals surface area contributed by atoms with E-state index in [1.54, 1.807) is 7.11 Å². The van der Waals surface area contributed by atoms with Gasteiger partial charge in [-0.15, -0.1) is 0 Å². The van der Waals surface area contributed by atoms with Crippen molar-refractivity contribution >= 4 is 22.5 Å². The molecule has 7 heteroatoms. The molecule has 0 spiro atoms. The lowest BCUT2D eigenvalue weighted by Gasteiger charge is -2.20. The fraction of sp³-hybridized carbons (Fsp3) is 0.292. The number of aromatic nitrogens is 4. The molecular formula is C24H24N6O. The Morgan fingerprint density at radius 3 is 3.00 bits per heavy atom. The lowest BCUT2D eigenvalue weighted by atomic mass is 10.00. The first kappa shape index (κ1) is 18.3. The molecule has 2 aliphatic rings. The second kappa shape index (κ2) is 7.35. The summed E-state index contributed by atoms with van der Waals surface area (Å²) in [6.07, 6.45) is 7.10. The van der Waals surface area contributed by atoms with Crippen LogP contribution in [-0.2, 0) is 25.9 Å². The van der Waals surface area contributed by atoms with Gasteiger partial charge in [0.1, 0.15) is 5.75 Å². The van der Waals surface area contributed by atoms with E-state index >= 15 is 0 Å². The number of rotatable bonds is 4. The zero-order valence-electron chi connectivity index (χ0n) is 17.5. The number of nitrogens with zero attached hydrogens (tertiary/aromatic N) is 4. The van der Waals surface area contributed by atoms with Crippen molar-refractivity contribution in [1.82, 2.24) is 25.1 Å². The molecule has 2 aromatic heterocycles. The Labute approximate surface area is 180 Å². The lowest BCUT2D eigenvalue weighted by Crippen LogP contribution is -2.23. The molecule has 2 aromatic carbocycles. The van der Waals surface area contributed by atoms with Gasteiger partial charge in [-0.25, -0.2) is 9.97 Å². The van der Waals surface area contributed by atoms with E-state index in [0.717, 1.165) is 66.8 Å². The summed E-state index contributed by atoms with van der Waals surface area (Å²) in [5.41, 5.74) is 8.08. The first-order valence-electron chi connectivity index (χ1n) is 10.8. The maximum Gasteiger partial charge on any atom is 0.227 e. The summed E-state index contributed by atoms with van der Waals surface area (Å²) in [6, 6.07) is 10.6. The van der Waals surface area contributed by atoms with E-state index < -0.39 is 0 Å². The summed E-state index contributed by atoms with van der Waals surface area (Å²) >= 11 is 0. The van der Waals surface area contributed by atoms with E-state index in [4.69, 9.17) is 9.72 Å². The lowest BCUT2D eigenvalue weighted by molar-refractivity contribution is 0.415. The van der Waals surface area contributed by atoms with Gasteiger partial charge in [-0.1, -0.05) is 12.1 Å². The Morgan fingerprint density at radius 2 is 2.06 bits per heavy atom. The topological polar surface area (TPSA) is 76.9 Å². The zero-order valence-corrected chi connectivity index (χ0v) is 17.5. The normalized spacial score (nSPS) is 15.0. The van der Waals surface area contributed by atoms with Crippen molar-refractivity contribution in [1.29, 1.82) is 0 Å². The fourth-order valence-corrected chi connectivity index (χ4v) is 4.65. The van der Waals surface area contributed by atoms with E-state index in [1.165, 1.54) is 22.4 Å². The van der Waals surface area contributed by atoms with Crippen LogP contribution in [0.15, 0.2) is 42.7 Å². The fourth-order valence-electron chi connectivity index (χ4n) is 4.65. The minimum Gasteiger partial charge on any atom is -0.495 e. The first-order valence-corrected chi connectivity index (χ1v) is 10.8. The molecule has 0 radical (unpaired) electrons. The summed E-state index contributed by atoms with van der Waals surface area (Å²) in [5, 5.41) is 12.3. The van der Waals surface area contributed by atoms with Crippen LogP contribution in [-0.4, -0.2) is 33.4 Å². The maximum absolute atomic E-state index is 5.63. The standard InChI is InChI=1S/C24H24N6O/c1-31-23-11-15-6-7-25-12-18(15)10-21(23)29-24-26-13-17-5-4-16(9-20(17)28-24)19-14-27-30-8-2-3-22(19)30/h4-5,9-11,13-14,25H,2-3,6-8,12H2,1H3,(H,26,28,29). The van der Waals surface area contributed by atoms with Gasteiger partial charge in [0.2, 0.25) is 5.95 Å². The number of benzene rings is 2. The second-order valence-corrected chi connectivity index (χ2v) is 8.17. The zero-order chi connectivity index (χ0) is 20.8. The van der Waals surface area contributed by atoms with Crippen molar-refractivity contribution in [2.75, 3.05) is 19.0 Å². The van der Waals surface area contributed by atoms with Gasteiger partial charge >= 0.3 is 0 Å². The van der Waals surface area contributed by atoms with E-state index in [0.29, 0.717) is 5.95 Å². The van der Waals surface area contributed by atoms with Crippen LogP contribution in [0.5, 0.6) is 5.75 Å². The second-order valence-electron chi connectivity index (χ2n) is 8.17. The molecular weight excluding hydrogens is 388 g/mol. The Hall–Kier alpha value is -3.45. The molecule has 0 saturated carbocycles. The third-order valence-electron chi connectivity index (χ3n) is 6.28. The molecule has 0 unspecified atom stereocenters. The van der Waals surface area contributed by atoms with Crippen LogP contribution in [0.3, 0.4) is 0 Å². The highest BCUT2D eigenvalue weighted by Gasteiger charge is 2.18. The van der Waals surface area contributed by atoms with Gasteiger partial charge in [-0.2, -0.15) is 5.10 Å². The quantitative estimate of drug-likeness (QED) is 0.530. The minimum atomic E-state index is 0.562. The monoisotopic (exact) mass is 412 g/mol. The number of hydrogen-bond donors (Lipinski definition) is 2. The molecule has 0 saturated heterocycles. The summed E-state index contributed by atoms with van der Waals surface area (Å²) < 4.78 is 7.75. The minimum absolute atomic E-state index is 0.562. The number of anilines is 2. The van der Waals surface area contributed by atoms with Crippen molar-refractivity contribution in [3.05, 3.63) is 59.5 Å². The molecule has 4 heterocycles. The molecule has 4 aromatic rings. The van der Waals surface area contributed by atoms with Gasteiger partial charge in [0.05, 0.1) is 24.5 Å². The third kappa shape index (κ3) is 3.21. The summed E-state index contributed by atoms with van der Waals surface area (Å²) in [5.74, 6) is 1.38. The molecule has 156 valence electrons. The van der Waals surface area contributed by atoms with Gasteiger partial charge < -0.3 is 15.4 Å². The van der Waals surface area contributed by atoms with Crippen molar-refractivity contribution in [3.63, 3.8) is 0 Å². The molecule has 31 heavy (non-hydrogen) atoms. The first-order chi connectivity index (χ1) is 15.3. The van der Waals surface area contributed by atoms with Gasteiger partial charge in [0.25, 0.3) is 0 Å². The van der Waals surface area contributed by atoms with Crippen molar-refractivity contribution in [3.8, 4) is 16.9 Å². The number of nitrogens with one attached hydrogen (secondary N) is 2. The molecule has 7 nitrogen and oxygen atoms in total. The predicted octanol–water partition coefficient (Wildman–Crippen LogP) is 3.84. The Bertz CT molecular complexity index is 1290. The SMILES string of the molecule is COc1cc2c(cc1Nc1ncc3ccc(-c4cnn5c4CCC5)cc3n1)CNCC2. The molecule has 0 amide bonds. The summed E-state index contributed by atoms with van der Waals surface area (Å²) in [6.45, 7) is 2.88. The van der Waals surface area contributed by atoms with Crippen LogP contribution in [0.1, 0.15) is 23.2 Å². The van der Waals surface area contributed by atoms with Crippen LogP contribution < -0.4 is 15.4 Å². The smallest absolute Gasteiger partial charge is 0.227 e. The molecule has 2 aliphatic heterocycles. The van der Waals surface area contributed by atoms with Crippen molar-refractivity contribution in [2.45, 2.75) is 32.4 Å². The highest BCUT2D eigenvalue weighted by molar-refractivity contribution is 5.85. The number of aryl methyl sites for hydroxylation is 1. The highest BCUT2D eigenvalue weighted by atomic mass is 16.5. The van der Waals surface area contributed by atoms with Gasteiger partial charge in [-0.05, 0) is 60.7 Å². The Kier molecular flexibility index (Phi) is 4.35. The van der Waals surface area contributed by atoms with Crippen LogP contribution in [0.2, 0.25) is 0 Å². The molecule has 0 bridgehead atoms. The summed E-state index contributed by atoms with van der Waals surface area (Å²) in [4.78, 5) is 9.33. The van der Waals surface area contributed by atoms with E-state index in [9.17, 15) is 0 Å². The van der Waals surface area contributed by atoms with Crippen LogP contribution >= 0.6 is 0 Å². The van der Waals surface area contributed by atoms with E-state index in [-0.39, 0.29) is 0 Å². The molecule has 6 rings (SSSR count). The van der Waals surface area contributed by atoms with Crippen molar-refractivity contribution in [2.24, 2.45) is 0 Å². The molecule has 0 atom stereocenters. The average Bonchev–Trinajstić information content (AvgIpc) is 3.42. The van der Waals surface area contributed by atoms with Crippen LogP contribution in [0.25, 0.3) is 22.0 Å². The summed E-state index contributed by atoms with van der Waals surface area (Å²) in [7, 11) is 1.70. The highest BCUT2D eigenvalue weighted by Crippen LogP contribution is 2.33. The number of fused-ring (bicyclic) bond motifs is 3. The third-order valence-corrected chi connectivity index (χ3v) is 6.28. The number of methoxy groups -OCH3 is 1. The Balaban J connectivity index is 1.36. The average molecular weight is 412 g/mol. The molecule has 0 fully saturated rings. The van der Waals surface area contributed by atoms with Crippen LogP contribution in [0.4, 0.5) is 11.6 Å². The number of ether oxygens (including phenoxy) is 1. The largest absolute Gasteiger partial charge is 0.495 e. The Morgan fingerprint density at radius 1 is 1.10 bits per heavy atom. The van der Waals surface area contributed by atoms with Crippen LogP contribution in [0, 0.1) is 0 Å². The van der Waals surface area contributed by atoms with E-state index in [2.05, 4.69) is 55.7 Å².